The van der Waals surface area contributed by atoms with Gasteiger partial charge >= 0.3 is 0 Å². The second-order valence-corrected chi connectivity index (χ2v) is 6.25. The zero-order valence-corrected chi connectivity index (χ0v) is 15.7. The Morgan fingerprint density at radius 3 is 2.69 bits per heavy atom. The van der Waals surface area contributed by atoms with Crippen LogP contribution in [0, 0.1) is 13.8 Å². The van der Waals surface area contributed by atoms with Crippen LogP contribution in [0.4, 0.5) is 5.69 Å². The van der Waals surface area contributed by atoms with E-state index < -0.39 is 0 Å². The third kappa shape index (κ3) is 3.44. The molecule has 1 amide bonds. The van der Waals surface area contributed by atoms with E-state index in [1.165, 1.54) is 0 Å². The van der Waals surface area contributed by atoms with Gasteiger partial charge in [0.05, 0.1) is 40.5 Å². The second-order valence-electron chi connectivity index (χ2n) is 5.85. The predicted octanol–water partition coefficient (Wildman–Crippen LogP) is 4.79. The summed E-state index contributed by atoms with van der Waals surface area (Å²) in [6, 6.07) is 13.2. The molecule has 1 N–H and O–H groups in total. The van der Waals surface area contributed by atoms with Crippen molar-refractivity contribution in [3.8, 4) is 11.4 Å². The van der Waals surface area contributed by atoms with Crippen molar-refractivity contribution in [3.05, 3.63) is 70.5 Å². The summed E-state index contributed by atoms with van der Waals surface area (Å²) in [4.78, 5) is 12.8. The fourth-order valence-electron chi connectivity index (χ4n) is 2.76. The van der Waals surface area contributed by atoms with E-state index in [-0.39, 0.29) is 5.91 Å². The molecule has 0 atom stereocenters. The molecule has 0 aliphatic heterocycles. The first kappa shape index (κ1) is 18.0. The van der Waals surface area contributed by atoms with Gasteiger partial charge in [-0.2, -0.15) is 5.10 Å². The minimum absolute atomic E-state index is 0.259. The highest BCUT2D eigenvalue weighted by atomic mass is 35.5. The zero-order valence-electron chi connectivity index (χ0n) is 14.9. The van der Waals surface area contributed by atoms with Crippen LogP contribution < -0.4 is 10.1 Å². The van der Waals surface area contributed by atoms with Crippen molar-refractivity contribution < 1.29 is 9.53 Å². The monoisotopic (exact) mass is 369 g/mol. The molecular weight excluding hydrogens is 350 g/mol. The highest BCUT2D eigenvalue weighted by Crippen LogP contribution is 2.33. The molecule has 0 bridgehead atoms. The van der Waals surface area contributed by atoms with Crippen LogP contribution in [-0.2, 0) is 0 Å². The SMILES string of the molecule is CCOc1c(Cl)cccc1NC(=O)c1cnn(-c2ccccc2C)c1C. The number of halogens is 1. The van der Waals surface area contributed by atoms with Gasteiger partial charge in [0.2, 0.25) is 0 Å². The lowest BCUT2D eigenvalue weighted by Crippen LogP contribution is -2.14. The van der Waals surface area contributed by atoms with Crippen LogP contribution in [0.2, 0.25) is 5.02 Å². The van der Waals surface area contributed by atoms with Crippen LogP contribution in [0.15, 0.2) is 48.7 Å². The molecule has 3 aromatic rings. The molecule has 1 heterocycles. The van der Waals surface area contributed by atoms with Gasteiger partial charge in [-0.25, -0.2) is 4.68 Å². The van der Waals surface area contributed by atoms with Gasteiger partial charge in [0.15, 0.2) is 5.75 Å². The highest BCUT2D eigenvalue weighted by Gasteiger charge is 2.18. The Morgan fingerprint density at radius 1 is 1.19 bits per heavy atom. The number of anilines is 1. The Hall–Kier alpha value is -2.79. The van der Waals surface area contributed by atoms with Gasteiger partial charge in [-0.1, -0.05) is 35.9 Å². The summed E-state index contributed by atoms with van der Waals surface area (Å²) in [6.45, 7) is 6.20. The van der Waals surface area contributed by atoms with E-state index in [0.717, 1.165) is 16.9 Å². The maximum Gasteiger partial charge on any atom is 0.259 e. The van der Waals surface area contributed by atoms with Crippen molar-refractivity contribution in [2.24, 2.45) is 0 Å². The summed E-state index contributed by atoms with van der Waals surface area (Å²) in [6.07, 6.45) is 1.57. The first-order valence-corrected chi connectivity index (χ1v) is 8.74. The predicted molar refractivity (Wildman–Crippen MR) is 104 cm³/mol. The normalized spacial score (nSPS) is 10.6. The Morgan fingerprint density at radius 2 is 1.96 bits per heavy atom. The molecule has 1 aromatic heterocycles. The molecule has 134 valence electrons. The number of para-hydroxylation sites is 2. The molecule has 2 aromatic carbocycles. The van der Waals surface area contributed by atoms with Gasteiger partial charge in [-0.3, -0.25) is 4.79 Å². The molecule has 0 unspecified atom stereocenters. The van der Waals surface area contributed by atoms with E-state index in [0.29, 0.717) is 28.6 Å². The second kappa shape index (κ2) is 7.62. The van der Waals surface area contributed by atoms with Crippen LogP contribution in [0.1, 0.15) is 28.5 Å². The number of hydrogen-bond acceptors (Lipinski definition) is 3. The van der Waals surface area contributed by atoms with E-state index in [9.17, 15) is 4.79 Å². The maximum atomic E-state index is 12.8. The Labute approximate surface area is 157 Å². The summed E-state index contributed by atoms with van der Waals surface area (Å²) < 4.78 is 7.33. The van der Waals surface area contributed by atoms with Crippen LogP contribution in [0.5, 0.6) is 5.75 Å². The lowest BCUT2D eigenvalue weighted by Gasteiger charge is -2.13. The fraction of sp³-hybridized carbons (Fsp3) is 0.200. The zero-order chi connectivity index (χ0) is 18.7. The lowest BCUT2D eigenvalue weighted by atomic mass is 10.2. The van der Waals surface area contributed by atoms with E-state index in [1.807, 2.05) is 45.0 Å². The van der Waals surface area contributed by atoms with Crippen molar-refractivity contribution in [2.75, 3.05) is 11.9 Å². The van der Waals surface area contributed by atoms with Crippen molar-refractivity contribution >= 4 is 23.2 Å². The van der Waals surface area contributed by atoms with Gasteiger partial charge in [-0.15, -0.1) is 0 Å². The largest absolute Gasteiger partial charge is 0.490 e. The summed E-state index contributed by atoms with van der Waals surface area (Å²) in [5.41, 5.74) is 3.82. The average Bonchev–Trinajstić information content (AvgIpc) is 3.00. The van der Waals surface area contributed by atoms with Crippen LogP contribution >= 0.6 is 11.6 Å². The molecule has 5 nitrogen and oxygen atoms in total. The van der Waals surface area contributed by atoms with Gasteiger partial charge in [-0.05, 0) is 44.5 Å². The smallest absolute Gasteiger partial charge is 0.259 e. The molecule has 0 aliphatic carbocycles. The number of hydrogen-bond donors (Lipinski definition) is 1. The Kier molecular flexibility index (Phi) is 5.28. The maximum absolute atomic E-state index is 12.8. The van der Waals surface area contributed by atoms with E-state index in [2.05, 4.69) is 10.4 Å². The number of carbonyl (C=O) groups excluding carboxylic acids is 1. The number of nitrogens with one attached hydrogen (secondary N) is 1. The number of rotatable bonds is 5. The average molecular weight is 370 g/mol. The molecule has 26 heavy (non-hydrogen) atoms. The number of aryl methyl sites for hydroxylation is 1. The molecule has 0 radical (unpaired) electrons. The van der Waals surface area contributed by atoms with Crippen molar-refractivity contribution in [2.45, 2.75) is 20.8 Å². The van der Waals surface area contributed by atoms with Crippen molar-refractivity contribution in [1.82, 2.24) is 9.78 Å². The van der Waals surface area contributed by atoms with Crippen LogP contribution in [0.25, 0.3) is 5.69 Å². The van der Waals surface area contributed by atoms with Crippen LogP contribution in [-0.4, -0.2) is 22.3 Å². The molecule has 6 heteroatoms. The molecule has 0 saturated heterocycles. The van der Waals surface area contributed by atoms with Crippen LogP contribution in [0.3, 0.4) is 0 Å². The van der Waals surface area contributed by atoms with E-state index >= 15 is 0 Å². The minimum Gasteiger partial charge on any atom is -0.490 e. The van der Waals surface area contributed by atoms with E-state index in [1.54, 1.807) is 29.1 Å². The number of benzene rings is 2. The number of amides is 1. The summed E-state index contributed by atoms with van der Waals surface area (Å²) in [5, 5.41) is 7.71. The minimum atomic E-state index is -0.259. The van der Waals surface area contributed by atoms with Gasteiger partial charge in [0.25, 0.3) is 5.91 Å². The summed E-state index contributed by atoms with van der Waals surface area (Å²) >= 11 is 6.18. The Bertz CT molecular complexity index is 950. The van der Waals surface area contributed by atoms with Crippen molar-refractivity contribution in [1.29, 1.82) is 0 Å². The molecule has 0 spiro atoms. The van der Waals surface area contributed by atoms with E-state index in [4.69, 9.17) is 16.3 Å². The fourth-order valence-corrected chi connectivity index (χ4v) is 2.99. The molecule has 0 aliphatic rings. The molecular formula is C20H20ClN3O2. The van der Waals surface area contributed by atoms with Crippen molar-refractivity contribution in [3.63, 3.8) is 0 Å². The van der Waals surface area contributed by atoms with Gasteiger partial charge in [0, 0.05) is 0 Å². The molecule has 0 saturated carbocycles. The lowest BCUT2D eigenvalue weighted by molar-refractivity contribution is 0.102. The molecule has 3 rings (SSSR count). The number of ether oxygens (including phenoxy) is 1. The van der Waals surface area contributed by atoms with Gasteiger partial charge in [0.1, 0.15) is 0 Å². The first-order valence-electron chi connectivity index (χ1n) is 8.36. The summed E-state index contributed by atoms with van der Waals surface area (Å²) in [5.74, 6) is 0.208. The number of carbonyl (C=O) groups is 1. The van der Waals surface area contributed by atoms with Gasteiger partial charge < -0.3 is 10.1 Å². The first-order chi connectivity index (χ1) is 12.5. The standard InChI is InChI=1S/C20H20ClN3O2/c1-4-26-19-16(21)9-7-10-17(19)23-20(25)15-12-22-24(14(15)3)18-11-6-5-8-13(18)2/h5-12H,4H2,1-3H3,(H,23,25). The third-order valence-electron chi connectivity index (χ3n) is 4.10. The third-order valence-corrected chi connectivity index (χ3v) is 4.40. The molecule has 0 fully saturated rings. The quantitative estimate of drug-likeness (QED) is 0.703. The highest BCUT2D eigenvalue weighted by molar-refractivity contribution is 6.32. The number of aromatic nitrogens is 2. The Balaban J connectivity index is 1.91. The number of nitrogens with zero attached hydrogens (tertiary/aromatic N) is 2. The topological polar surface area (TPSA) is 56.1 Å². The summed E-state index contributed by atoms with van der Waals surface area (Å²) in [7, 11) is 0.